The van der Waals surface area contributed by atoms with Crippen LogP contribution in [0.15, 0.2) is 0 Å². The molecule has 0 saturated heterocycles. The maximum absolute atomic E-state index is 10.5. The van der Waals surface area contributed by atoms with E-state index in [1.165, 1.54) is 0 Å². The van der Waals surface area contributed by atoms with Crippen LogP contribution in [0.2, 0.25) is 0 Å². The highest BCUT2D eigenvalue weighted by molar-refractivity contribution is 5.67. The van der Waals surface area contributed by atoms with E-state index in [4.69, 9.17) is 5.11 Å². The van der Waals surface area contributed by atoms with Crippen LogP contribution in [0.25, 0.3) is 0 Å². The van der Waals surface area contributed by atoms with E-state index in [2.05, 4.69) is 19.2 Å². The van der Waals surface area contributed by atoms with Gasteiger partial charge in [0.2, 0.25) is 0 Å². The van der Waals surface area contributed by atoms with Gasteiger partial charge in [-0.2, -0.15) is 0 Å². The standard InChI is InChI=1S/C10H21NO2/c1-4-8(5-2)11-9(6-3)7-10(12)13/h8-9,11H,4-7H2,1-3H3,(H,12,13). The van der Waals surface area contributed by atoms with Gasteiger partial charge in [0.1, 0.15) is 0 Å². The highest BCUT2D eigenvalue weighted by Gasteiger charge is 2.13. The molecule has 3 heteroatoms. The van der Waals surface area contributed by atoms with Crippen molar-refractivity contribution in [2.75, 3.05) is 0 Å². The highest BCUT2D eigenvalue weighted by Crippen LogP contribution is 2.04. The van der Waals surface area contributed by atoms with Crippen molar-refractivity contribution in [3.8, 4) is 0 Å². The lowest BCUT2D eigenvalue weighted by Crippen LogP contribution is -2.38. The fourth-order valence-corrected chi connectivity index (χ4v) is 1.39. The molecule has 3 nitrogen and oxygen atoms in total. The lowest BCUT2D eigenvalue weighted by atomic mass is 10.1. The summed E-state index contributed by atoms with van der Waals surface area (Å²) in [6, 6.07) is 0.590. The predicted octanol–water partition coefficient (Wildman–Crippen LogP) is 2.02. The first-order chi connectivity index (χ1) is 6.13. The second-order valence-corrected chi connectivity index (χ2v) is 3.38. The molecule has 0 bridgehead atoms. The SMILES string of the molecule is CCC(CC)NC(CC)CC(=O)O. The molecule has 0 spiro atoms. The van der Waals surface area contributed by atoms with Gasteiger partial charge in [-0.25, -0.2) is 0 Å². The van der Waals surface area contributed by atoms with Crippen LogP contribution in [0, 0.1) is 0 Å². The van der Waals surface area contributed by atoms with E-state index < -0.39 is 5.97 Å². The second-order valence-electron chi connectivity index (χ2n) is 3.38. The van der Waals surface area contributed by atoms with Crippen molar-refractivity contribution in [1.82, 2.24) is 5.32 Å². The van der Waals surface area contributed by atoms with E-state index >= 15 is 0 Å². The fraction of sp³-hybridized carbons (Fsp3) is 0.900. The Bertz CT molecular complexity index is 144. The molecular weight excluding hydrogens is 166 g/mol. The van der Waals surface area contributed by atoms with Crippen molar-refractivity contribution < 1.29 is 9.90 Å². The smallest absolute Gasteiger partial charge is 0.304 e. The van der Waals surface area contributed by atoms with E-state index in [9.17, 15) is 4.79 Å². The summed E-state index contributed by atoms with van der Waals surface area (Å²) in [6.45, 7) is 6.26. The molecule has 0 aliphatic rings. The molecule has 2 N–H and O–H groups in total. The van der Waals surface area contributed by atoms with Crippen LogP contribution in [0.1, 0.15) is 46.5 Å². The molecule has 78 valence electrons. The molecule has 0 fully saturated rings. The van der Waals surface area contributed by atoms with Gasteiger partial charge in [-0.05, 0) is 19.3 Å². The first-order valence-corrected chi connectivity index (χ1v) is 5.11. The van der Waals surface area contributed by atoms with Gasteiger partial charge in [-0.1, -0.05) is 20.8 Å². The van der Waals surface area contributed by atoms with Gasteiger partial charge in [0, 0.05) is 12.1 Å². The number of carbonyl (C=O) groups is 1. The number of hydrogen-bond donors (Lipinski definition) is 2. The molecule has 0 aromatic rings. The number of carboxylic acid groups (broad SMARTS) is 1. The molecule has 1 atom stereocenters. The van der Waals surface area contributed by atoms with E-state index in [0.29, 0.717) is 6.04 Å². The van der Waals surface area contributed by atoms with Crippen molar-refractivity contribution in [2.24, 2.45) is 0 Å². The summed E-state index contributed by atoms with van der Waals surface area (Å²) in [7, 11) is 0. The van der Waals surface area contributed by atoms with Crippen LogP contribution in [0.4, 0.5) is 0 Å². The van der Waals surface area contributed by atoms with Crippen LogP contribution in [0.3, 0.4) is 0 Å². The molecule has 0 amide bonds. The zero-order valence-electron chi connectivity index (χ0n) is 8.84. The number of aliphatic carboxylic acids is 1. The van der Waals surface area contributed by atoms with Crippen molar-refractivity contribution in [3.63, 3.8) is 0 Å². The van der Waals surface area contributed by atoms with E-state index in [1.807, 2.05) is 6.92 Å². The van der Waals surface area contributed by atoms with Gasteiger partial charge in [-0.3, -0.25) is 4.79 Å². The molecule has 0 heterocycles. The lowest BCUT2D eigenvalue weighted by Gasteiger charge is -2.21. The molecule has 0 aliphatic heterocycles. The van der Waals surface area contributed by atoms with Gasteiger partial charge in [-0.15, -0.1) is 0 Å². The third-order valence-electron chi connectivity index (χ3n) is 2.37. The molecular formula is C10H21NO2. The summed E-state index contributed by atoms with van der Waals surface area (Å²) < 4.78 is 0. The Balaban J connectivity index is 3.87. The molecule has 0 rings (SSSR count). The third-order valence-corrected chi connectivity index (χ3v) is 2.37. The zero-order chi connectivity index (χ0) is 10.3. The van der Waals surface area contributed by atoms with Gasteiger partial charge >= 0.3 is 5.97 Å². The summed E-state index contributed by atoms with van der Waals surface area (Å²) in [4.78, 5) is 10.5. The minimum Gasteiger partial charge on any atom is -0.481 e. The molecule has 0 aromatic heterocycles. The molecule has 0 aliphatic carbocycles. The minimum absolute atomic E-state index is 0.127. The Morgan fingerprint density at radius 1 is 1.15 bits per heavy atom. The van der Waals surface area contributed by atoms with Crippen molar-refractivity contribution in [3.05, 3.63) is 0 Å². The Kier molecular flexibility index (Phi) is 6.59. The van der Waals surface area contributed by atoms with Crippen molar-refractivity contribution in [1.29, 1.82) is 0 Å². The fourth-order valence-electron chi connectivity index (χ4n) is 1.39. The summed E-state index contributed by atoms with van der Waals surface area (Å²) in [5.41, 5.74) is 0. The van der Waals surface area contributed by atoms with Crippen molar-refractivity contribution in [2.45, 2.75) is 58.5 Å². The zero-order valence-corrected chi connectivity index (χ0v) is 8.84. The topological polar surface area (TPSA) is 49.3 Å². The number of nitrogens with one attached hydrogen (secondary N) is 1. The maximum atomic E-state index is 10.5. The highest BCUT2D eigenvalue weighted by atomic mass is 16.4. The van der Waals surface area contributed by atoms with Crippen LogP contribution in [-0.4, -0.2) is 23.2 Å². The normalized spacial score (nSPS) is 13.2. The van der Waals surface area contributed by atoms with Crippen molar-refractivity contribution >= 4 is 5.97 Å². The summed E-state index contributed by atoms with van der Waals surface area (Å²) in [5.74, 6) is -0.717. The number of rotatable bonds is 7. The predicted molar refractivity (Wildman–Crippen MR) is 53.8 cm³/mol. The van der Waals surface area contributed by atoms with Gasteiger partial charge < -0.3 is 10.4 Å². The summed E-state index contributed by atoms with van der Waals surface area (Å²) in [6.07, 6.45) is 3.23. The third kappa shape index (κ3) is 5.64. The quantitative estimate of drug-likeness (QED) is 0.641. The Hall–Kier alpha value is -0.570. The van der Waals surface area contributed by atoms with Crippen LogP contribution in [0.5, 0.6) is 0 Å². The maximum Gasteiger partial charge on any atom is 0.304 e. The first kappa shape index (κ1) is 12.4. The number of carboxylic acids is 1. The minimum atomic E-state index is -0.717. The monoisotopic (exact) mass is 187 g/mol. The molecule has 13 heavy (non-hydrogen) atoms. The average Bonchev–Trinajstić information content (AvgIpc) is 2.11. The second kappa shape index (κ2) is 6.89. The molecule has 0 aromatic carbocycles. The van der Waals surface area contributed by atoms with Gasteiger partial charge in [0.15, 0.2) is 0 Å². The van der Waals surface area contributed by atoms with E-state index in [1.54, 1.807) is 0 Å². The largest absolute Gasteiger partial charge is 0.481 e. The molecule has 0 radical (unpaired) electrons. The average molecular weight is 187 g/mol. The summed E-state index contributed by atoms with van der Waals surface area (Å²) in [5, 5.41) is 12.0. The Morgan fingerprint density at radius 3 is 1.92 bits per heavy atom. The Labute approximate surface area is 80.5 Å². The number of hydrogen-bond acceptors (Lipinski definition) is 2. The van der Waals surface area contributed by atoms with Gasteiger partial charge in [0.25, 0.3) is 0 Å². The first-order valence-electron chi connectivity index (χ1n) is 5.11. The molecule has 0 saturated carbocycles. The van der Waals surface area contributed by atoms with Crippen LogP contribution < -0.4 is 5.32 Å². The molecule has 1 unspecified atom stereocenters. The van der Waals surface area contributed by atoms with Crippen LogP contribution >= 0.6 is 0 Å². The van der Waals surface area contributed by atoms with E-state index in [0.717, 1.165) is 19.3 Å². The van der Waals surface area contributed by atoms with Gasteiger partial charge in [0.05, 0.1) is 6.42 Å². The lowest BCUT2D eigenvalue weighted by molar-refractivity contribution is -0.137. The van der Waals surface area contributed by atoms with Crippen LogP contribution in [-0.2, 0) is 4.79 Å². The summed E-state index contributed by atoms with van der Waals surface area (Å²) >= 11 is 0. The van der Waals surface area contributed by atoms with E-state index in [-0.39, 0.29) is 12.5 Å². The Morgan fingerprint density at radius 2 is 1.62 bits per heavy atom.